The third-order valence-electron chi connectivity index (χ3n) is 7.30. The molecule has 0 saturated heterocycles. The number of allylic oxidation sites excluding steroid dienone is 2. The van der Waals surface area contributed by atoms with Gasteiger partial charge in [0.15, 0.2) is 10.8 Å². The van der Waals surface area contributed by atoms with Crippen LogP contribution in [0.25, 0.3) is 0 Å². The lowest BCUT2D eigenvalue weighted by molar-refractivity contribution is -0.175. The molecule has 0 bridgehead atoms. The summed E-state index contributed by atoms with van der Waals surface area (Å²) in [5, 5.41) is 19.2. The van der Waals surface area contributed by atoms with Gasteiger partial charge in [-0.2, -0.15) is 10.5 Å². The molecule has 3 saturated carbocycles. The van der Waals surface area contributed by atoms with Crippen molar-refractivity contribution in [1.29, 1.82) is 10.5 Å². The average Bonchev–Trinajstić information content (AvgIpc) is 3.24. The lowest BCUT2D eigenvalue weighted by atomic mass is 9.63. The first-order chi connectivity index (χ1) is 14.7. The molecule has 1 spiro atoms. The normalized spacial score (nSPS) is 28.5. The second-order valence-electron chi connectivity index (χ2n) is 8.22. The number of carbonyl (C=O) groups excluding carboxylic acids is 4. The summed E-state index contributed by atoms with van der Waals surface area (Å²) in [5.41, 5.74) is -4.15. The molecule has 10 nitrogen and oxygen atoms in total. The van der Waals surface area contributed by atoms with Crippen molar-refractivity contribution >= 4 is 23.9 Å². The molecule has 0 amide bonds. The molecule has 3 atom stereocenters. The molecule has 0 aromatic rings. The van der Waals surface area contributed by atoms with E-state index in [4.69, 9.17) is 18.9 Å². The third kappa shape index (κ3) is 2.67. The molecule has 3 aliphatic rings. The maximum Gasteiger partial charge on any atom is 0.323 e. The van der Waals surface area contributed by atoms with Gasteiger partial charge in [0.05, 0.1) is 28.4 Å². The Labute approximate surface area is 178 Å². The number of hydrogen-bond acceptors (Lipinski definition) is 10. The highest BCUT2D eigenvalue weighted by Gasteiger charge is 2.81. The molecule has 0 radical (unpaired) electrons. The fourth-order valence-corrected chi connectivity index (χ4v) is 5.98. The molecule has 0 aromatic carbocycles. The molecule has 10 heteroatoms. The van der Waals surface area contributed by atoms with Gasteiger partial charge in [-0.25, -0.2) is 0 Å². The SMILES string of the molecule is COC(=O)C1(C(=O)OC)CC(=C(C#N)C#N)C23CC(C(=O)OC)(C(=O)OC)C[C@H]2[C@H]3C1. The summed E-state index contributed by atoms with van der Waals surface area (Å²) < 4.78 is 19.5. The van der Waals surface area contributed by atoms with Gasteiger partial charge in [-0.3, -0.25) is 19.2 Å². The van der Waals surface area contributed by atoms with Gasteiger partial charge in [0, 0.05) is 5.41 Å². The van der Waals surface area contributed by atoms with E-state index < -0.39 is 40.1 Å². The Hall–Kier alpha value is -3.40. The molecule has 0 aliphatic heterocycles. The standard InChI is InChI=1S/C21H22N2O8/c1-28-15(24)19(16(25)29-2)5-12(11(8-22)9-23)21-10-20(17(26)30-3,18(27)31-4)7-14(21)13(21)6-19/h13-14H,5-7,10H2,1-4H3/t13-,14+,21?/m1/s1. The quantitative estimate of drug-likeness (QED) is 0.271. The van der Waals surface area contributed by atoms with Crippen LogP contribution in [0.5, 0.6) is 0 Å². The number of hydrogen-bond donors (Lipinski definition) is 0. The van der Waals surface area contributed by atoms with Gasteiger partial charge >= 0.3 is 23.9 Å². The van der Waals surface area contributed by atoms with Crippen LogP contribution in [0.2, 0.25) is 0 Å². The van der Waals surface area contributed by atoms with Crippen molar-refractivity contribution in [3.63, 3.8) is 0 Å². The topological polar surface area (TPSA) is 153 Å². The Morgan fingerprint density at radius 3 is 1.55 bits per heavy atom. The zero-order chi connectivity index (χ0) is 23.2. The fraction of sp³-hybridized carbons (Fsp3) is 0.619. The predicted octanol–water partition coefficient (Wildman–Crippen LogP) is 0.815. The summed E-state index contributed by atoms with van der Waals surface area (Å²) in [6, 6.07) is 3.67. The van der Waals surface area contributed by atoms with Gasteiger partial charge in [0.1, 0.15) is 17.7 Å². The number of nitrogens with zero attached hydrogens (tertiary/aromatic N) is 2. The summed E-state index contributed by atoms with van der Waals surface area (Å²) in [4.78, 5) is 50.6. The highest BCUT2D eigenvalue weighted by Crippen LogP contribution is 2.82. The summed E-state index contributed by atoms with van der Waals surface area (Å²) >= 11 is 0. The van der Waals surface area contributed by atoms with Gasteiger partial charge in [-0.1, -0.05) is 0 Å². The minimum atomic E-state index is -1.71. The number of carbonyl (C=O) groups is 4. The van der Waals surface area contributed by atoms with Gasteiger partial charge in [-0.15, -0.1) is 0 Å². The van der Waals surface area contributed by atoms with Crippen molar-refractivity contribution in [2.75, 3.05) is 28.4 Å². The number of nitriles is 2. The molecular weight excluding hydrogens is 408 g/mol. The first-order valence-corrected chi connectivity index (χ1v) is 9.56. The molecule has 164 valence electrons. The van der Waals surface area contributed by atoms with Crippen LogP contribution in [0, 0.1) is 50.7 Å². The lowest BCUT2D eigenvalue weighted by Crippen LogP contribution is -2.47. The van der Waals surface area contributed by atoms with Crippen LogP contribution in [0.1, 0.15) is 25.7 Å². The van der Waals surface area contributed by atoms with Crippen molar-refractivity contribution in [1.82, 2.24) is 0 Å². The summed E-state index contributed by atoms with van der Waals surface area (Å²) in [7, 11) is 4.62. The smallest absolute Gasteiger partial charge is 0.323 e. The van der Waals surface area contributed by atoms with Gasteiger partial charge in [0.25, 0.3) is 0 Å². The number of esters is 4. The van der Waals surface area contributed by atoms with E-state index in [-0.39, 0.29) is 48.7 Å². The van der Waals surface area contributed by atoms with Crippen LogP contribution in [0.4, 0.5) is 0 Å². The van der Waals surface area contributed by atoms with Gasteiger partial charge < -0.3 is 18.9 Å². The number of methoxy groups -OCH3 is 4. The summed E-state index contributed by atoms with van der Waals surface area (Å²) in [6.45, 7) is 0. The monoisotopic (exact) mass is 430 g/mol. The highest BCUT2D eigenvalue weighted by atomic mass is 16.6. The lowest BCUT2D eigenvalue weighted by Gasteiger charge is -2.39. The van der Waals surface area contributed by atoms with E-state index in [0.29, 0.717) is 0 Å². The van der Waals surface area contributed by atoms with E-state index in [0.717, 1.165) is 14.2 Å². The zero-order valence-electron chi connectivity index (χ0n) is 17.6. The minimum absolute atomic E-state index is 0.0324. The van der Waals surface area contributed by atoms with Crippen LogP contribution in [-0.2, 0) is 38.1 Å². The third-order valence-corrected chi connectivity index (χ3v) is 7.30. The number of rotatable bonds is 4. The van der Waals surface area contributed by atoms with Crippen molar-refractivity contribution < 1.29 is 38.1 Å². The molecule has 0 N–H and O–H groups in total. The second kappa shape index (κ2) is 7.38. The van der Waals surface area contributed by atoms with E-state index in [1.165, 1.54) is 14.2 Å². The molecule has 31 heavy (non-hydrogen) atoms. The molecule has 3 rings (SSSR count). The molecule has 1 unspecified atom stereocenters. The average molecular weight is 430 g/mol. The largest absolute Gasteiger partial charge is 0.468 e. The van der Waals surface area contributed by atoms with Crippen LogP contribution in [-0.4, -0.2) is 52.3 Å². The van der Waals surface area contributed by atoms with Gasteiger partial charge in [-0.05, 0) is 43.1 Å². The Morgan fingerprint density at radius 1 is 0.774 bits per heavy atom. The van der Waals surface area contributed by atoms with Crippen LogP contribution < -0.4 is 0 Å². The molecule has 0 heterocycles. The first-order valence-electron chi connectivity index (χ1n) is 9.56. The summed E-state index contributed by atoms with van der Waals surface area (Å²) in [5.74, 6) is -3.81. The summed E-state index contributed by atoms with van der Waals surface area (Å²) in [6.07, 6.45) is -0.185. The maximum atomic E-state index is 12.7. The zero-order valence-corrected chi connectivity index (χ0v) is 17.6. The van der Waals surface area contributed by atoms with E-state index in [9.17, 15) is 29.7 Å². The van der Waals surface area contributed by atoms with Crippen molar-refractivity contribution in [3.05, 3.63) is 11.1 Å². The van der Waals surface area contributed by atoms with Gasteiger partial charge in [0.2, 0.25) is 0 Å². The minimum Gasteiger partial charge on any atom is -0.468 e. The van der Waals surface area contributed by atoms with Crippen molar-refractivity contribution in [3.8, 4) is 12.1 Å². The Bertz CT molecular complexity index is 930. The van der Waals surface area contributed by atoms with Crippen LogP contribution >= 0.6 is 0 Å². The van der Waals surface area contributed by atoms with E-state index in [1.54, 1.807) is 0 Å². The van der Waals surface area contributed by atoms with E-state index in [1.807, 2.05) is 12.1 Å². The Kier molecular flexibility index (Phi) is 5.31. The Morgan fingerprint density at radius 2 is 1.16 bits per heavy atom. The second-order valence-corrected chi connectivity index (χ2v) is 8.22. The Balaban J connectivity index is 2.17. The molecule has 3 aliphatic carbocycles. The van der Waals surface area contributed by atoms with Crippen molar-refractivity contribution in [2.45, 2.75) is 25.7 Å². The van der Waals surface area contributed by atoms with Crippen LogP contribution in [0.3, 0.4) is 0 Å². The number of ether oxygens (including phenoxy) is 4. The van der Waals surface area contributed by atoms with E-state index in [2.05, 4.69) is 0 Å². The molecule has 0 aromatic heterocycles. The number of fused-ring (bicyclic) bond motifs is 1. The van der Waals surface area contributed by atoms with E-state index >= 15 is 0 Å². The first kappa shape index (κ1) is 22.3. The fourth-order valence-electron chi connectivity index (χ4n) is 5.98. The molecule has 3 fully saturated rings. The highest BCUT2D eigenvalue weighted by molar-refractivity contribution is 6.03. The van der Waals surface area contributed by atoms with Crippen LogP contribution in [0.15, 0.2) is 11.1 Å². The maximum absolute atomic E-state index is 12.7. The molecular formula is C21H22N2O8. The van der Waals surface area contributed by atoms with Crippen molar-refractivity contribution in [2.24, 2.45) is 28.1 Å². The predicted molar refractivity (Wildman–Crippen MR) is 99.1 cm³/mol.